The van der Waals surface area contributed by atoms with Crippen LogP contribution in [-0.2, 0) is 25.5 Å². The van der Waals surface area contributed by atoms with Gasteiger partial charge in [0.15, 0.2) is 12.4 Å². The van der Waals surface area contributed by atoms with E-state index in [0.29, 0.717) is 17.1 Å². The van der Waals surface area contributed by atoms with E-state index in [1.165, 1.54) is 28.1 Å². The van der Waals surface area contributed by atoms with Gasteiger partial charge in [-0.1, -0.05) is 6.07 Å². The lowest BCUT2D eigenvalue weighted by Crippen LogP contribution is -2.23. The minimum atomic E-state index is -0.812. The number of amides is 1. The summed E-state index contributed by atoms with van der Waals surface area (Å²) < 4.78 is 25.7. The number of aryl methyl sites for hydroxylation is 1. The third-order valence-corrected chi connectivity index (χ3v) is 4.36. The van der Waals surface area contributed by atoms with Gasteiger partial charge in [-0.05, 0) is 26.8 Å². The number of carbonyl (C=O) groups excluding carboxylic acids is 4. The Morgan fingerprint density at radius 3 is 2.34 bits per heavy atom. The van der Waals surface area contributed by atoms with Crippen molar-refractivity contribution in [3.63, 3.8) is 0 Å². The molecule has 0 saturated heterocycles. The molecule has 0 radical (unpaired) electrons. The highest BCUT2D eigenvalue weighted by molar-refractivity contribution is 6.10. The molecule has 0 aliphatic rings. The second kappa shape index (κ2) is 11.0. The SMILES string of the molecule is CCOC(=O)c1c(NC(=O)COC(=O)Cc2ccc(OC)cc2OC)oc(C)c1C(C)=O. The molecule has 0 fully saturated rings. The minimum Gasteiger partial charge on any atom is -0.497 e. The van der Waals surface area contributed by atoms with Crippen LogP contribution in [0.1, 0.15) is 45.9 Å². The second-order valence-electron chi connectivity index (χ2n) is 6.58. The molecule has 2 aromatic rings. The molecule has 0 aliphatic heterocycles. The van der Waals surface area contributed by atoms with Crippen molar-refractivity contribution in [1.82, 2.24) is 0 Å². The van der Waals surface area contributed by atoms with Crippen LogP contribution < -0.4 is 14.8 Å². The zero-order chi connectivity index (χ0) is 23.8. The van der Waals surface area contributed by atoms with Crippen LogP contribution in [0.5, 0.6) is 11.5 Å². The van der Waals surface area contributed by atoms with Crippen molar-refractivity contribution in [2.24, 2.45) is 0 Å². The monoisotopic (exact) mass is 447 g/mol. The number of Topliss-reactive ketones (excluding diaryl/α,β-unsaturated/α-hetero) is 1. The van der Waals surface area contributed by atoms with E-state index < -0.39 is 30.2 Å². The van der Waals surface area contributed by atoms with Crippen LogP contribution in [0.3, 0.4) is 0 Å². The summed E-state index contributed by atoms with van der Waals surface area (Å²) >= 11 is 0. The molecule has 1 amide bonds. The topological polar surface area (TPSA) is 130 Å². The first kappa shape index (κ1) is 24.4. The lowest BCUT2D eigenvalue weighted by molar-refractivity contribution is -0.146. The van der Waals surface area contributed by atoms with Crippen LogP contribution in [-0.4, -0.2) is 51.1 Å². The fraction of sp³-hybridized carbons (Fsp3) is 0.364. The maximum Gasteiger partial charge on any atom is 0.344 e. The summed E-state index contributed by atoms with van der Waals surface area (Å²) in [6.07, 6.45) is -0.136. The number of methoxy groups -OCH3 is 2. The van der Waals surface area contributed by atoms with Gasteiger partial charge in [-0.2, -0.15) is 0 Å². The number of nitrogens with one attached hydrogen (secondary N) is 1. The van der Waals surface area contributed by atoms with Gasteiger partial charge in [0.25, 0.3) is 5.91 Å². The molecule has 1 N–H and O–H groups in total. The molecular weight excluding hydrogens is 422 g/mol. The van der Waals surface area contributed by atoms with Crippen molar-refractivity contribution in [1.29, 1.82) is 0 Å². The number of hydrogen-bond donors (Lipinski definition) is 1. The molecule has 10 nitrogen and oxygen atoms in total. The highest BCUT2D eigenvalue weighted by atomic mass is 16.5. The van der Waals surface area contributed by atoms with E-state index in [2.05, 4.69) is 5.32 Å². The Hall–Kier alpha value is -3.82. The molecular formula is C22H25NO9. The Balaban J connectivity index is 2.06. The average molecular weight is 447 g/mol. The predicted octanol–water partition coefficient (Wildman–Crippen LogP) is 2.71. The van der Waals surface area contributed by atoms with Crippen molar-refractivity contribution >= 4 is 29.5 Å². The molecule has 0 saturated carbocycles. The van der Waals surface area contributed by atoms with Crippen molar-refractivity contribution in [2.45, 2.75) is 27.2 Å². The Bertz CT molecular complexity index is 1020. The predicted molar refractivity (Wildman–Crippen MR) is 112 cm³/mol. The molecule has 10 heteroatoms. The smallest absolute Gasteiger partial charge is 0.344 e. The van der Waals surface area contributed by atoms with Crippen LogP contribution >= 0.6 is 0 Å². The van der Waals surface area contributed by atoms with Gasteiger partial charge < -0.3 is 23.4 Å². The number of rotatable bonds is 10. The standard InChI is InChI=1S/C22H25NO9/c1-6-30-22(27)20-19(12(2)24)13(3)32-21(20)23-17(25)11-31-18(26)9-14-7-8-15(28-4)10-16(14)29-5/h7-8,10H,6,9,11H2,1-5H3,(H,23,25). The highest BCUT2D eigenvalue weighted by Gasteiger charge is 2.29. The third kappa shape index (κ3) is 5.87. The Labute approximate surface area is 184 Å². The third-order valence-electron chi connectivity index (χ3n) is 4.36. The molecule has 2 rings (SSSR count). The van der Waals surface area contributed by atoms with E-state index in [1.807, 2.05) is 0 Å². The quantitative estimate of drug-likeness (QED) is 0.431. The fourth-order valence-corrected chi connectivity index (χ4v) is 2.97. The summed E-state index contributed by atoms with van der Waals surface area (Å²) in [5.74, 6) is -1.75. The van der Waals surface area contributed by atoms with Gasteiger partial charge >= 0.3 is 11.9 Å². The van der Waals surface area contributed by atoms with Crippen LogP contribution in [0.25, 0.3) is 0 Å². The zero-order valence-electron chi connectivity index (χ0n) is 18.5. The van der Waals surface area contributed by atoms with E-state index in [0.717, 1.165) is 0 Å². The normalized spacial score (nSPS) is 10.3. The minimum absolute atomic E-state index is 0.0161. The number of benzene rings is 1. The van der Waals surface area contributed by atoms with E-state index in [-0.39, 0.29) is 35.8 Å². The fourth-order valence-electron chi connectivity index (χ4n) is 2.97. The molecule has 0 bridgehead atoms. The average Bonchev–Trinajstić information content (AvgIpc) is 3.08. The molecule has 0 spiro atoms. The first-order valence-electron chi connectivity index (χ1n) is 9.69. The van der Waals surface area contributed by atoms with E-state index >= 15 is 0 Å². The molecule has 0 atom stereocenters. The summed E-state index contributed by atoms with van der Waals surface area (Å²) in [5.41, 5.74) is 0.387. The van der Waals surface area contributed by atoms with Gasteiger partial charge in [-0.15, -0.1) is 0 Å². The molecule has 32 heavy (non-hydrogen) atoms. The Morgan fingerprint density at radius 2 is 1.75 bits per heavy atom. The van der Waals surface area contributed by atoms with Gasteiger partial charge in [0.05, 0.1) is 32.8 Å². The Kier molecular flexibility index (Phi) is 8.39. The summed E-state index contributed by atoms with van der Waals surface area (Å²) in [6.45, 7) is 3.79. The molecule has 1 aromatic heterocycles. The summed E-state index contributed by atoms with van der Waals surface area (Å²) in [7, 11) is 2.97. The first-order chi connectivity index (χ1) is 15.2. The van der Waals surface area contributed by atoms with Gasteiger partial charge in [0, 0.05) is 11.6 Å². The van der Waals surface area contributed by atoms with Crippen molar-refractivity contribution in [3.8, 4) is 11.5 Å². The molecule has 172 valence electrons. The largest absolute Gasteiger partial charge is 0.497 e. The maximum absolute atomic E-state index is 12.3. The van der Waals surface area contributed by atoms with Gasteiger partial charge in [-0.25, -0.2) is 4.79 Å². The first-order valence-corrected chi connectivity index (χ1v) is 9.69. The van der Waals surface area contributed by atoms with E-state index in [9.17, 15) is 19.2 Å². The highest BCUT2D eigenvalue weighted by Crippen LogP contribution is 2.29. The van der Waals surface area contributed by atoms with Crippen molar-refractivity contribution < 1.29 is 42.5 Å². The zero-order valence-corrected chi connectivity index (χ0v) is 18.5. The molecule has 1 aromatic carbocycles. The number of esters is 2. The number of ether oxygens (including phenoxy) is 4. The Morgan fingerprint density at radius 1 is 1.03 bits per heavy atom. The van der Waals surface area contributed by atoms with Crippen LogP contribution in [0.2, 0.25) is 0 Å². The van der Waals surface area contributed by atoms with Crippen molar-refractivity contribution in [2.75, 3.05) is 32.8 Å². The summed E-state index contributed by atoms with van der Waals surface area (Å²) in [6, 6.07) is 4.94. The van der Waals surface area contributed by atoms with Crippen LogP contribution in [0, 0.1) is 6.92 Å². The van der Waals surface area contributed by atoms with Crippen LogP contribution in [0.4, 0.5) is 5.88 Å². The summed E-state index contributed by atoms with van der Waals surface area (Å²) in [4.78, 5) is 48.6. The molecule has 1 heterocycles. The number of anilines is 1. The van der Waals surface area contributed by atoms with Gasteiger partial charge in [0.1, 0.15) is 22.8 Å². The lowest BCUT2D eigenvalue weighted by atomic mass is 10.1. The molecule has 0 aliphatic carbocycles. The second-order valence-corrected chi connectivity index (χ2v) is 6.58. The number of carbonyl (C=O) groups is 4. The van der Waals surface area contributed by atoms with Crippen LogP contribution in [0.15, 0.2) is 22.6 Å². The lowest BCUT2D eigenvalue weighted by Gasteiger charge is -2.10. The van der Waals surface area contributed by atoms with Gasteiger partial charge in [-0.3, -0.25) is 19.7 Å². The number of ketones is 1. The molecule has 0 unspecified atom stereocenters. The summed E-state index contributed by atoms with van der Waals surface area (Å²) in [5, 5.41) is 2.35. The van der Waals surface area contributed by atoms with Gasteiger partial charge in [0.2, 0.25) is 5.88 Å². The number of furan rings is 1. The van der Waals surface area contributed by atoms with Crippen molar-refractivity contribution in [3.05, 3.63) is 40.6 Å². The maximum atomic E-state index is 12.3. The number of hydrogen-bond acceptors (Lipinski definition) is 9. The van der Waals surface area contributed by atoms with E-state index in [1.54, 1.807) is 25.1 Å². The van der Waals surface area contributed by atoms with E-state index in [4.69, 9.17) is 23.4 Å².